The molecule has 6 heteroatoms. The van der Waals surface area contributed by atoms with Crippen molar-refractivity contribution in [3.63, 3.8) is 0 Å². The van der Waals surface area contributed by atoms with Crippen LogP contribution in [0.2, 0.25) is 0 Å². The van der Waals surface area contributed by atoms with Gasteiger partial charge in [-0.3, -0.25) is 4.98 Å². The van der Waals surface area contributed by atoms with E-state index in [1.807, 2.05) is 60.1 Å². The lowest BCUT2D eigenvalue weighted by Crippen LogP contribution is -2.01. The molecule has 1 aromatic carbocycles. The first kappa shape index (κ1) is 16.0. The second-order valence-electron chi connectivity index (χ2n) is 5.88. The first-order valence-corrected chi connectivity index (χ1v) is 8.19. The van der Waals surface area contributed by atoms with Crippen LogP contribution in [0.15, 0.2) is 61.1 Å². The molecular formula is C20H16N4O2. The molecule has 0 saturated heterocycles. The summed E-state index contributed by atoms with van der Waals surface area (Å²) in [6.45, 7) is 2.11. The minimum Gasteiger partial charge on any atom is -0.456 e. The van der Waals surface area contributed by atoms with Crippen molar-refractivity contribution >= 4 is 28.7 Å². The third-order valence-electron chi connectivity index (χ3n) is 3.95. The molecule has 0 spiro atoms. The van der Waals surface area contributed by atoms with Gasteiger partial charge in [0.25, 0.3) is 0 Å². The fourth-order valence-electron chi connectivity index (χ4n) is 2.67. The summed E-state index contributed by atoms with van der Waals surface area (Å²) >= 11 is 0. The van der Waals surface area contributed by atoms with E-state index in [0.717, 1.165) is 22.2 Å². The lowest BCUT2D eigenvalue weighted by atomic mass is 10.3. The summed E-state index contributed by atoms with van der Waals surface area (Å²) in [5, 5.41) is 0. The van der Waals surface area contributed by atoms with Gasteiger partial charge in [-0.2, -0.15) is 0 Å². The molecule has 0 atom stereocenters. The molecular weight excluding hydrogens is 328 g/mol. The first-order valence-electron chi connectivity index (χ1n) is 8.19. The molecule has 128 valence electrons. The maximum absolute atomic E-state index is 11.9. The summed E-state index contributed by atoms with van der Waals surface area (Å²) in [6.07, 6.45) is 8.33. The second-order valence-corrected chi connectivity index (χ2v) is 5.88. The normalized spacial score (nSPS) is 11.4. The molecule has 0 radical (unpaired) electrons. The third-order valence-corrected chi connectivity index (χ3v) is 3.95. The van der Waals surface area contributed by atoms with Gasteiger partial charge < -0.3 is 9.14 Å². The van der Waals surface area contributed by atoms with Gasteiger partial charge in [0, 0.05) is 18.5 Å². The number of ether oxygens (including phenoxy) is 1. The number of aryl methyl sites for hydroxylation is 1. The van der Waals surface area contributed by atoms with Crippen molar-refractivity contribution < 1.29 is 9.53 Å². The van der Waals surface area contributed by atoms with Gasteiger partial charge in [-0.1, -0.05) is 18.2 Å². The van der Waals surface area contributed by atoms with E-state index >= 15 is 0 Å². The lowest BCUT2D eigenvalue weighted by molar-refractivity contribution is -0.139. The Kier molecular flexibility index (Phi) is 4.15. The molecule has 0 saturated carbocycles. The Morgan fingerprint density at radius 1 is 1.15 bits per heavy atom. The van der Waals surface area contributed by atoms with Crippen molar-refractivity contribution in [2.75, 3.05) is 0 Å². The Hall–Kier alpha value is -3.54. The maximum atomic E-state index is 11.9. The smallest absolute Gasteiger partial charge is 0.331 e. The number of aromatic nitrogens is 4. The summed E-state index contributed by atoms with van der Waals surface area (Å²) in [5.74, 6) is -0.450. The molecule has 3 heterocycles. The highest BCUT2D eigenvalue weighted by Crippen LogP contribution is 2.11. The van der Waals surface area contributed by atoms with Crippen molar-refractivity contribution in [1.29, 1.82) is 0 Å². The topological polar surface area (TPSA) is 69.4 Å². The van der Waals surface area contributed by atoms with Crippen molar-refractivity contribution in [1.82, 2.24) is 19.4 Å². The molecule has 0 aliphatic heterocycles. The first-order chi connectivity index (χ1) is 12.7. The monoisotopic (exact) mass is 344 g/mol. The molecule has 4 aromatic rings. The number of rotatable bonds is 4. The van der Waals surface area contributed by atoms with E-state index < -0.39 is 5.97 Å². The fourth-order valence-corrected chi connectivity index (χ4v) is 2.67. The van der Waals surface area contributed by atoms with Gasteiger partial charge in [-0.05, 0) is 36.8 Å². The average molecular weight is 344 g/mol. The highest BCUT2D eigenvalue weighted by molar-refractivity contribution is 5.87. The van der Waals surface area contributed by atoms with E-state index in [1.165, 1.54) is 6.08 Å². The predicted molar refractivity (Wildman–Crippen MR) is 98.3 cm³/mol. The summed E-state index contributed by atoms with van der Waals surface area (Å²) in [6, 6.07) is 11.5. The number of carbonyl (C=O) groups excluding carboxylic acids is 1. The number of pyridine rings is 1. The van der Waals surface area contributed by atoms with E-state index in [0.29, 0.717) is 11.4 Å². The van der Waals surface area contributed by atoms with E-state index in [1.54, 1.807) is 12.3 Å². The van der Waals surface area contributed by atoms with E-state index in [9.17, 15) is 4.79 Å². The van der Waals surface area contributed by atoms with Gasteiger partial charge >= 0.3 is 5.97 Å². The van der Waals surface area contributed by atoms with Crippen LogP contribution in [-0.4, -0.2) is 25.3 Å². The Bertz CT molecular complexity index is 1130. The average Bonchev–Trinajstić information content (AvgIpc) is 3.09. The Balaban J connectivity index is 1.42. The van der Waals surface area contributed by atoms with Gasteiger partial charge in [0.2, 0.25) is 0 Å². The van der Waals surface area contributed by atoms with Crippen LogP contribution >= 0.6 is 0 Å². The number of hydrogen-bond acceptors (Lipinski definition) is 5. The van der Waals surface area contributed by atoms with Crippen molar-refractivity contribution in [3.8, 4) is 0 Å². The van der Waals surface area contributed by atoms with Crippen LogP contribution in [-0.2, 0) is 16.1 Å². The number of hydrogen-bond donors (Lipinski definition) is 0. The zero-order chi connectivity index (χ0) is 17.9. The molecule has 0 aliphatic carbocycles. The summed E-state index contributed by atoms with van der Waals surface area (Å²) in [7, 11) is 0. The van der Waals surface area contributed by atoms with Crippen molar-refractivity contribution in [2.24, 2.45) is 0 Å². The molecule has 26 heavy (non-hydrogen) atoms. The summed E-state index contributed by atoms with van der Waals surface area (Å²) in [4.78, 5) is 25.2. The third kappa shape index (κ3) is 3.30. The number of nitrogens with zero attached hydrogens (tertiary/aromatic N) is 4. The number of esters is 1. The standard InChI is InChI=1S/C20H16N4O2/c1-14-5-4-10-24-12-16(23-20(14)24)13-26-19(25)9-8-15-11-21-17-6-2-3-7-18(17)22-15/h2-12H,13H2,1H3. The molecule has 3 aromatic heterocycles. The zero-order valence-electron chi connectivity index (χ0n) is 14.2. The molecule has 0 unspecified atom stereocenters. The van der Waals surface area contributed by atoms with Crippen molar-refractivity contribution in [3.05, 3.63) is 78.0 Å². The van der Waals surface area contributed by atoms with Crippen LogP contribution in [0, 0.1) is 6.92 Å². The zero-order valence-corrected chi connectivity index (χ0v) is 14.2. The number of fused-ring (bicyclic) bond motifs is 2. The second kappa shape index (κ2) is 6.76. The van der Waals surface area contributed by atoms with Crippen LogP contribution in [0.25, 0.3) is 22.8 Å². The highest BCUT2D eigenvalue weighted by Gasteiger charge is 2.06. The molecule has 0 N–H and O–H groups in total. The Labute approximate surface area is 149 Å². The van der Waals surface area contributed by atoms with Gasteiger partial charge in [0.1, 0.15) is 12.3 Å². The SMILES string of the molecule is Cc1cccn2cc(COC(=O)C=Cc3cnc4ccccc4n3)nc12. The summed E-state index contributed by atoms with van der Waals surface area (Å²) < 4.78 is 7.17. The van der Waals surface area contributed by atoms with Crippen LogP contribution in [0.5, 0.6) is 0 Å². The number of benzene rings is 1. The lowest BCUT2D eigenvalue weighted by Gasteiger charge is -1.99. The molecule has 0 amide bonds. The minimum atomic E-state index is -0.450. The van der Waals surface area contributed by atoms with Gasteiger partial charge in [0.05, 0.1) is 28.6 Å². The summed E-state index contributed by atoms with van der Waals surface area (Å²) in [5.41, 5.74) is 4.83. The number of para-hydroxylation sites is 2. The predicted octanol–water partition coefficient (Wildman–Crippen LogP) is 3.34. The largest absolute Gasteiger partial charge is 0.456 e. The van der Waals surface area contributed by atoms with Crippen LogP contribution in [0.3, 0.4) is 0 Å². The van der Waals surface area contributed by atoms with Crippen molar-refractivity contribution in [2.45, 2.75) is 13.5 Å². The van der Waals surface area contributed by atoms with Crippen LogP contribution in [0.1, 0.15) is 17.0 Å². The van der Waals surface area contributed by atoms with Gasteiger partial charge in [0.15, 0.2) is 0 Å². The van der Waals surface area contributed by atoms with E-state index in [-0.39, 0.29) is 6.61 Å². The van der Waals surface area contributed by atoms with Gasteiger partial charge in [-0.15, -0.1) is 0 Å². The van der Waals surface area contributed by atoms with Crippen LogP contribution in [0.4, 0.5) is 0 Å². The Morgan fingerprint density at radius 3 is 2.85 bits per heavy atom. The molecule has 0 fully saturated rings. The van der Waals surface area contributed by atoms with E-state index in [4.69, 9.17) is 4.74 Å². The number of imidazole rings is 1. The maximum Gasteiger partial charge on any atom is 0.331 e. The molecule has 4 rings (SSSR count). The highest BCUT2D eigenvalue weighted by atomic mass is 16.5. The molecule has 0 aliphatic rings. The van der Waals surface area contributed by atoms with Crippen LogP contribution < -0.4 is 0 Å². The molecule has 6 nitrogen and oxygen atoms in total. The minimum absolute atomic E-state index is 0.119. The van der Waals surface area contributed by atoms with E-state index in [2.05, 4.69) is 15.0 Å². The fraction of sp³-hybridized carbons (Fsp3) is 0.100. The quantitative estimate of drug-likeness (QED) is 0.419. The Morgan fingerprint density at radius 2 is 2.00 bits per heavy atom. The van der Waals surface area contributed by atoms with Gasteiger partial charge in [-0.25, -0.2) is 14.8 Å². The molecule has 0 bridgehead atoms. The number of carbonyl (C=O) groups is 1.